The molecule has 3 N–H and O–H groups in total. The van der Waals surface area contributed by atoms with Crippen molar-refractivity contribution in [2.75, 3.05) is 14.2 Å². The number of ether oxygens (including phenoxy) is 1. The molecule has 0 spiro atoms. The zero-order valence-electron chi connectivity index (χ0n) is 17.8. The van der Waals surface area contributed by atoms with Crippen LogP contribution in [-0.2, 0) is 34.7 Å². The summed E-state index contributed by atoms with van der Waals surface area (Å²) < 4.78 is 34.5. The predicted octanol–water partition coefficient (Wildman–Crippen LogP) is 1.88. The van der Waals surface area contributed by atoms with E-state index >= 15 is 0 Å². The number of H-pyrrole nitrogens is 1. The van der Waals surface area contributed by atoms with Gasteiger partial charge in [0.25, 0.3) is 5.56 Å². The predicted molar refractivity (Wildman–Crippen MR) is 117 cm³/mol. The number of methoxy groups -OCH3 is 1. The Hall–Kier alpha value is -0.940. The van der Waals surface area contributed by atoms with Crippen LogP contribution in [0.15, 0.2) is 33.7 Å². The molecule has 1 aromatic rings. The van der Waals surface area contributed by atoms with Gasteiger partial charge in [0.2, 0.25) is 0 Å². The molecule has 1 aliphatic rings. The van der Waals surface area contributed by atoms with Crippen LogP contribution in [-0.4, -0.2) is 51.4 Å². The number of aromatic amines is 1. The van der Waals surface area contributed by atoms with Crippen molar-refractivity contribution in [3.05, 3.63) is 45.0 Å². The minimum Gasteiger partial charge on any atom is -0.378 e. The fourth-order valence-corrected chi connectivity index (χ4v) is 6.23. The minimum absolute atomic E-state index is 0.222. The smallest absolute Gasteiger partial charge is 0.351 e. The van der Waals surface area contributed by atoms with E-state index in [9.17, 15) is 23.9 Å². The second kappa shape index (κ2) is 9.91. The lowest BCUT2D eigenvalue weighted by atomic mass is 10.1. The molecule has 31 heavy (non-hydrogen) atoms. The third-order valence-corrected chi connectivity index (χ3v) is 7.39. The molecule has 6 atom stereocenters. The monoisotopic (exact) mass is 498 g/mol. The molecule has 1 aliphatic carbocycles. The summed E-state index contributed by atoms with van der Waals surface area (Å²) in [6.07, 6.45) is 1.26. The van der Waals surface area contributed by atoms with Crippen LogP contribution in [0.1, 0.15) is 33.2 Å². The Morgan fingerprint density at radius 3 is 2.42 bits per heavy atom. The highest BCUT2D eigenvalue weighted by Crippen LogP contribution is 2.54. The molecule has 14 heteroatoms. The molecule has 11 nitrogen and oxygen atoms in total. The van der Waals surface area contributed by atoms with Crippen molar-refractivity contribution in [1.29, 1.82) is 0 Å². The number of aromatic nitrogens is 2. The van der Waals surface area contributed by atoms with Crippen LogP contribution in [0.4, 0.5) is 0 Å². The highest BCUT2D eigenvalue weighted by molar-refractivity contribution is 8.07. The third kappa shape index (κ3) is 7.28. The van der Waals surface area contributed by atoms with Crippen molar-refractivity contribution in [1.82, 2.24) is 9.55 Å². The lowest BCUT2D eigenvalue weighted by Gasteiger charge is -2.32. The van der Waals surface area contributed by atoms with Crippen molar-refractivity contribution in [2.45, 2.75) is 51.0 Å². The maximum Gasteiger partial charge on any atom is 0.351 e. The van der Waals surface area contributed by atoms with E-state index in [0.717, 1.165) is 12.9 Å². The van der Waals surface area contributed by atoms with E-state index in [4.69, 9.17) is 25.6 Å². The largest absolute Gasteiger partial charge is 0.378 e. The van der Waals surface area contributed by atoms with Gasteiger partial charge in [-0.3, -0.25) is 18.9 Å². The first kappa shape index (κ1) is 26.3. The number of rotatable bonds is 8. The summed E-state index contributed by atoms with van der Waals surface area (Å²) >= 11 is 5.17. The Bertz CT molecular complexity index is 1020. The SMILES string of the molecule is CO[C@H]1[C@@H](OP(O)(=S)OC(C)(C)C)[C@@H](n2ccc(=O)[nH]c2=O)C[C@@H]1/C=C/P(=O)(O)OC. The standard InChI is InChI=1S/C17H28N2O9P2S/c1-17(2,3)28-30(24,31)27-15-12(19-8-6-13(20)18-16(19)21)10-11(14(15)25-4)7-9-29(22,23)26-5/h6-9,11-12,14-15H,10H2,1-5H3,(H,22,23)(H,24,31)(H,18,20,21)/b9-7+/t11-,12-,14+,15-,30?/m0/s1. The van der Waals surface area contributed by atoms with Gasteiger partial charge in [-0.2, -0.15) is 0 Å². The van der Waals surface area contributed by atoms with E-state index in [2.05, 4.69) is 9.51 Å². The molecule has 2 unspecified atom stereocenters. The Morgan fingerprint density at radius 2 is 1.90 bits per heavy atom. The van der Waals surface area contributed by atoms with Crippen LogP contribution in [0, 0.1) is 5.92 Å². The highest BCUT2D eigenvalue weighted by atomic mass is 32.5. The maximum atomic E-state index is 12.4. The topological polar surface area (TPSA) is 149 Å². The number of hydrogen-bond donors (Lipinski definition) is 3. The van der Waals surface area contributed by atoms with E-state index in [1.165, 1.54) is 30.0 Å². The molecule has 0 aromatic carbocycles. The molecule has 2 rings (SSSR count). The van der Waals surface area contributed by atoms with Gasteiger partial charge < -0.3 is 28.1 Å². The Kier molecular flexibility index (Phi) is 8.41. The molecule has 0 amide bonds. The fraction of sp³-hybridized carbons (Fsp3) is 0.647. The molecule has 1 aromatic heterocycles. The second-order valence-electron chi connectivity index (χ2n) is 8.02. The molecule has 0 radical (unpaired) electrons. The Balaban J connectivity index is 2.48. The Labute approximate surface area is 184 Å². The average molecular weight is 498 g/mol. The fourth-order valence-electron chi connectivity index (χ4n) is 3.40. The van der Waals surface area contributed by atoms with Crippen LogP contribution < -0.4 is 11.2 Å². The molecule has 176 valence electrons. The molecular formula is C17H28N2O9P2S. The van der Waals surface area contributed by atoms with E-state index in [1.54, 1.807) is 20.8 Å². The van der Waals surface area contributed by atoms with Gasteiger partial charge in [0.1, 0.15) is 6.10 Å². The molecule has 1 fully saturated rings. The van der Waals surface area contributed by atoms with Gasteiger partial charge in [-0.05, 0) is 39.0 Å². The Morgan fingerprint density at radius 1 is 1.26 bits per heavy atom. The van der Waals surface area contributed by atoms with Crippen molar-refractivity contribution in [2.24, 2.45) is 5.92 Å². The molecule has 0 saturated heterocycles. The molecule has 0 aliphatic heterocycles. The van der Waals surface area contributed by atoms with Crippen molar-refractivity contribution < 1.29 is 32.7 Å². The van der Waals surface area contributed by atoms with Gasteiger partial charge in [0.15, 0.2) is 0 Å². The van der Waals surface area contributed by atoms with Crippen molar-refractivity contribution in [3.63, 3.8) is 0 Å². The number of nitrogens with zero attached hydrogens (tertiary/aromatic N) is 1. The summed E-state index contributed by atoms with van der Waals surface area (Å²) in [4.78, 5) is 46.4. The van der Waals surface area contributed by atoms with E-state index < -0.39 is 55.3 Å². The first-order chi connectivity index (χ1) is 14.2. The van der Waals surface area contributed by atoms with Crippen LogP contribution >= 0.6 is 14.3 Å². The molecule has 1 saturated carbocycles. The van der Waals surface area contributed by atoms with Crippen molar-refractivity contribution >= 4 is 26.1 Å². The number of nitrogens with one attached hydrogen (secondary N) is 1. The molecule has 0 bridgehead atoms. The van der Waals surface area contributed by atoms with Crippen LogP contribution in [0.3, 0.4) is 0 Å². The third-order valence-electron chi connectivity index (χ3n) is 4.55. The molecular weight excluding hydrogens is 470 g/mol. The summed E-state index contributed by atoms with van der Waals surface area (Å²) in [5.74, 6) is 0.526. The van der Waals surface area contributed by atoms with Gasteiger partial charge in [0.05, 0.1) is 17.7 Å². The summed E-state index contributed by atoms with van der Waals surface area (Å²) in [7, 11) is -1.43. The maximum absolute atomic E-state index is 12.4. The van der Waals surface area contributed by atoms with E-state index in [-0.39, 0.29) is 6.42 Å². The lowest BCUT2D eigenvalue weighted by Crippen LogP contribution is -2.39. The van der Waals surface area contributed by atoms with Gasteiger partial charge in [-0.1, -0.05) is 6.08 Å². The first-order valence-electron chi connectivity index (χ1n) is 9.32. The van der Waals surface area contributed by atoms with Gasteiger partial charge >= 0.3 is 20.0 Å². The van der Waals surface area contributed by atoms with Crippen LogP contribution in [0.5, 0.6) is 0 Å². The normalized spacial score (nSPS) is 28.5. The highest BCUT2D eigenvalue weighted by Gasteiger charge is 2.47. The van der Waals surface area contributed by atoms with E-state index in [1.807, 2.05) is 0 Å². The van der Waals surface area contributed by atoms with Crippen LogP contribution in [0.25, 0.3) is 0 Å². The summed E-state index contributed by atoms with van der Waals surface area (Å²) in [6, 6.07) is 0.458. The summed E-state index contributed by atoms with van der Waals surface area (Å²) in [6.45, 7) is 1.34. The van der Waals surface area contributed by atoms with Crippen LogP contribution in [0.2, 0.25) is 0 Å². The zero-order chi connectivity index (χ0) is 23.6. The molecule has 1 heterocycles. The quantitative estimate of drug-likeness (QED) is 0.454. The minimum atomic E-state index is -3.94. The van der Waals surface area contributed by atoms with Gasteiger partial charge in [-0.15, -0.1) is 0 Å². The van der Waals surface area contributed by atoms with Crippen molar-refractivity contribution in [3.8, 4) is 0 Å². The zero-order valence-corrected chi connectivity index (χ0v) is 20.4. The average Bonchev–Trinajstić information content (AvgIpc) is 2.94. The van der Waals surface area contributed by atoms with Gasteiger partial charge in [-0.25, -0.2) is 4.79 Å². The van der Waals surface area contributed by atoms with Gasteiger partial charge in [0, 0.05) is 38.2 Å². The summed E-state index contributed by atoms with van der Waals surface area (Å²) in [5, 5.41) is 0. The first-order valence-corrected chi connectivity index (χ1v) is 13.6. The number of hydrogen-bond acceptors (Lipinski definition) is 8. The second-order valence-corrected chi connectivity index (χ2v) is 12.5. The van der Waals surface area contributed by atoms with E-state index in [0.29, 0.717) is 0 Å². The summed E-state index contributed by atoms with van der Waals surface area (Å²) in [5.41, 5.74) is -2.05. The lowest BCUT2D eigenvalue weighted by molar-refractivity contribution is -0.0211.